The van der Waals surface area contributed by atoms with E-state index in [1.165, 1.54) is 0 Å². The van der Waals surface area contributed by atoms with Gasteiger partial charge < -0.3 is 21.9 Å². The van der Waals surface area contributed by atoms with Gasteiger partial charge in [-0.25, -0.2) is 0 Å². The van der Waals surface area contributed by atoms with E-state index in [9.17, 15) is 0 Å². The van der Waals surface area contributed by atoms with Crippen molar-refractivity contribution >= 4 is 48.1 Å². The van der Waals surface area contributed by atoms with E-state index < -0.39 is 37.1 Å². The number of hydrogen-bond acceptors (Lipinski definition) is 4. The van der Waals surface area contributed by atoms with Crippen LogP contribution in [-0.2, 0) is 16.5 Å². The molecule has 1 aliphatic rings. The van der Waals surface area contributed by atoms with Crippen LogP contribution in [-0.4, -0.2) is 53.6 Å². The van der Waals surface area contributed by atoms with Crippen LogP contribution in [0.3, 0.4) is 0 Å². The summed E-state index contributed by atoms with van der Waals surface area (Å²) in [5.74, 6) is 0. The maximum absolute atomic E-state index is 5.65. The van der Waals surface area contributed by atoms with E-state index in [4.69, 9.17) is 16.5 Å². The lowest BCUT2D eigenvalue weighted by Crippen LogP contribution is -2.44. The van der Waals surface area contributed by atoms with Gasteiger partial charge in [-0.2, -0.15) is 0 Å². The molecule has 0 unspecified atom stereocenters. The minimum absolute atomic E-state index is 0. The van der Waals surface area contributed by atoms with E-state index in [1.54, 1.807) is 0 Å². The Morgan fingerprint density at radius 1 is 0.571 bits per heavy atom. The molecule has 0 amide bonds. The third kappa shape index (κ3) is 6.38. The fourth-order valence-corrected chi connectivity index (χ4v) is 13.2. The van der Waals surface area contributed by atoms with E-state index in [0.29, 0.717) is 0 Å². The van der Waals surface area contributed by atoms with Gasteiger partial charge in [0, 0.05) is 11.0 Å². The minimum atomic E-state index is -1.42. The SMILES string of the molecule is C[SiH]1O[SiH](C)O[SiH](C)O[SiH](C)O1.O.[Si]. The zero-order valence-corrected chi connectivity index (χ0v) is 14.6. The van der Waals surface area contributed by atoms with Crippen molar-refractivity contribution in [3.05, 3.63) is 0 Å². The van der Waals surface area contributed by atoms with Crippen LogP contribution in [0.15, 0.2) is 0 Å². The second-order valence-corrected chi connectivity index (χ2v) is 11.7. The van der Waals surface area contributed by atoms with Crippen LogP contribution in [0.25, 0.3) is 0 Å². The lowest BCUT2D eigenvalue weighted by atomic mass is 11.9. The molecule has 10 heteroatoms. The quantitative estimate of drug-likeness (QED) is 0.496. The summed E-state index contributed by atoms with van der Waals surface area (Å²) in [6.45, 7) is 8.16. The lowest BCUT2D eigenvalue weighted by Gasteiger charge is -2.28. The molecule has 1 rings (SSSR count). The predicted molar refractivity (Wildman–Crippen MR) is 65.8 cm³/mol. The van der Waals surface area contributed by atoms with Crippen molar-refractivity contribution < 1.29 is 21.9 Å². The van der Waals surface area contributed by atoms with Crippen LogP contribution in [0.5, 0.6) is 0 Å². The molecule has 0 saturated carbocycles. The minimum Gasteiger partial charge on any atom is -0.420 e. The first-order chi connectivity index (χ1) is 5.58. The molecular weight excluding hydrogens is 268 g/mol. The Labute approximate surface area is 96.4 Å². The fraction of sp³-hybridized carbons (Fsp3) is 1.00. The summed E-state index contributed by atoms with van der Waals surface area (Å²) in [6.07, 6.45) is 0. The third-order valence-corrected chi connectivity index (χ3v) is 13.8. The van der Waals surface area contributed by atoms with Crippen LogP contribution in [0.2, 0.25) is 26.2 Å². The molecule has 5 nitrogen and oxygen atoms in total. The number of rotatable bonds is 0. The highest BCUT2D eigenvalue weighted by Gasteiger charge is 2.25. The summed E-state index contributed by atoms with van der Waals surface area (Å²) in [7, 11) is -5.66. The van der Waals surface area contributed by atoms with Crippen LogP contribution in [0.1, 0.15) is 0 Å². The Balaban J connectivity index is 0. The van der Waals surface area contributed by atoms with Crippen molar-refractivity contribution in [2.75, 3.05) is 0 Å². The summed E-state index contributed by atoms with van der Waals surface area (Å²) >= 11 is 0. The summed E-state index contributed by atoms with van der Waals surface area (Å²) in [5.41, 5.74) is 0. The topological polar surface area (TPSA) is 68.4 Å². The standard InChI is InChI=1S/C4H16O4Si4.H2O.Si/c1-9-5-10(2)7-12(4)8-11(3)6-9;;/h9-12H,1-4H3;1H2;. The van der Waals surface area contributed by atoms with E-state index in [1.807, 2.05) is 26.2 Å². The summed E-state index contributed by atoms with van der Waals surface area (Å²) in [5, 5.41) is 0. The zero-order valence-electron chi connectivity index (χ0n) is 8.94. The summed E-state index contributed by atoms with van der Waals surface area (Å²) in [4.78, 5) is 0. The molecule has 0 aliphatic carbocycles. The van der Waals surface area contributed by atoms with Crippen molar-refractivity contribution in [3.63, 3.8) is 0 Å². The molecule has 0 aromatic heterocycles. The van der Waals surface area contributed by atoms with Crippen molar-refractivity contribution in [2.45, 2.75) is 26.2 Å². The van der Waals surface area contributed by atoms with Gasteiger partial charge in [0.2, 0.25) is 0 Å². The number of hydrogen-bond donors (Lipinski definition) is 0. The van der Waals surface area contributed by atoms with Crippen LogP contribution >= 0.6 is 0 Å². The Hall–Kier alpha value is 0.884. The molecule has 0 aromatic rings. The van der Waals surface area contributed by atoms with E-state index in [2.05, 4.69) is 0 Å². The molecule has 1 fully saturated rings. The van der Waals surface area contributed by atoms with E-state index in [-0.39, 0.29) is 16.4 Å². The van der Waals surface area contributed by atoms with Gasteiger partial charge in [0.25, 0.3) is 37.1 Å². The van der Waals surface area contributed by atoms with Crippen molar-refractivity contribution in [1.29, 1.82) is 0 Å². The first-order valence-electron chi connectivity index (χ1n) is 4.20. The largest absolute Gasteiger partial charge is 0.420 e. The zero-order chi connectivity index (χ0) is 9.14. The van der Waals surface area contributed by atoms with Gasteiger partial charge in [-0.1, -0.05) is 0 Å². The second kappa shape index (κ2) is 8.09. The lowest BCUT2D eigenvalue weighted by molar-refractivity contribution is 0.295. The average Bonchev–Trinajstić information content (AvgIpc) is 1.81. The predicted octanol–water partition coefficient (Wildman–Crippen LogP) is -1.74. The van der Waals surface area contributed by atoms with Crippen molar-refractivity contribution in [3.8, 4) is 0 Å². The average molecular weight is 287 g/mol. The molecular formula is C4H18O5Si5. The molecule has 1 saturated heterocycles. The Kier molecular flexibility index (Phi) is 9.98. The van der Waals surface area contributed by atoms with Gasteiger partial charge in [0.15, 0.2) is 0 Å². The van der Waals surface area contributed by atoms with Crippen LogP contribution in [0.4, 0.5) is 0 Å². The van der Waals surface area contributed by atoms with Gasteiger partial charge in [-0.3, -0.25) is 0 Å². The highest BCUT2D eigenvalue weighted by Crippen LogP contribution is 2.06. The summed E-state index contributed by atoms with van der Waals surface area (Å²) in [6, 6.07) is 0. The monoisotopic (exact) mass is 286 g/mol. The maximum Gasteiger partial charge on any atom is 0.300 e. The van der Waals surface area contributed by atoms with Gasteiger partial charge in [-0.05, 0) is 26.2 Å². The molecule has 14 heavy (non-hydrogen) atoms. The van der Waals surface area contributed by atoms with E-state index >= 15 is 0 Å². The molecule has 1 heterocycles. The molecule has 1 aliphatic heterocycles. The van der Waals surface area contributed by atoms with Gasteiger partial charge in [0.1, 0.15) is 0 Å². The van der Waals surface area contributed by atoms with Crippen molar-refractivity contribution in [2.24, 2.45) is 0 Å². The van der Waals surface area contributed by atoms with Crippen LogP contribution < -0.4 is 0 Å². The Morgan fingerprint density at radius 3 is 0.857 bits per heavy atom. The molecule has 2 N–H and O–H groups in total. The molecule has 0 atom stereocenters. The second-order valence-electron chi connectivity index (χ2n) is 2.81. The molecule has 0 aromatic carbocycles. The molecule has 0 bridgehead atoms. The van der Waals surface area contributed by atoms with Gasteiger partial charge in [0.05, 0.1) is 0 Å². The molecule has 84 valence electrons. The fourth-order valence-electron chi connectivity index (χ4n) is 1.21. The first-order valence-corrected chi connectivity index (χ1v) is 12.6. The normalized spacial score (nSPS) is 38.6. The van der Waals surface area contributed by atoms with Crippen molar-refractivity contribution in [1.82, 2.24) is 0 Å². The van der Waals surface area contributed by atoms with Crippen LogP contribution in [0, 0.1) is 0 Å². The summed E-state index contributed by atoms with van der Waals surface area (Å²) < 4.78 is 22.6. The molecule has 0 spiro atoms. The highest BCUT2D eigenvalue weighted by atomic mass is 28.5. The molecule has 4 radical (unpaired) electrons. The smallest absolute Gasteiger partial charge is 0.300 e. The third-order valence-electron chi connectivity index (χ3n) is 1.53. The van der Waals surface area contributed by atoms with Gasteiger partial charge >= 0.3 is 0 Å². The van der Waals surface area contributed by atoms with E-state index in [0.717, 1.165) is 0 Å². The van der Waals surface area contributed by atoms with Gasteiger partial charge in [-0.15, -0.1) is 0 Å². The first kappa shape index (κ1) is 17.3. The maximum atomic E-state index is 5.65. The highest BCUT2D eigenvalue weighted by molar-refractivity contribution is 6.72. The Morgan fingerprint density at radius 2 is 0.714 bits per heavy atom. The Bertz CT molecular complexity index is 110.